The maximum absolute atomic E-state index is 13.2. The molecule has 20 heavy (non-hydrogen) atoms. The number of carbonyl (C=O) groups excluding carboxylic acids is 1. The van der Waals surface area contributed by atoms with Crippen molar-refractivity contribution in [1.29, 1.82) is 0 Å². The third-order valence-electron chi connectivity index (χ3n) is 2.59. The van der Waals surface area contributed by atoms with Crippen molar-refractivity contribution in [3.8, 4) is 11.8 Å². The summed E-state index contributed by atoms with van der Waals surface area (Å²) >= 11 is 0. The molecule has 0 radical (unpaired) electrons. The van der Waals surface area contributed by atoms with Gasteiger partial charge in [0.15, 0.2) is 0 Å². The summed E-state index contributed by atoms with van der Waals surface area (Å²) in [6, 6.07) is 3.79. The van der Waals surface area contributed by atoms with Crippen LogP contribution in [0.3, 0.4) is 0 Å². The minimum Gasteiger partial charge on any atom is -0.385 e. The van der Waals surface area contributed by atoms with E-state index in [1.165, 1.54) is 18.2 Å². The molecular formula is C15H18FNO3. The van der Waals surface area contributed by atoms with Crippen molar-refractivity contribution in [3.63, 3.8) is 0 Å². The van der Waals surface area contributed by atoms with E-state index in [0.717, 1.165) is 12.8 Å². The number of nitrogens with one attached hydrogen (secondary N) is 1. The van der Waals surface area contributed by atoms with E-state index in [2.05, 4.69) is 17.2 Å². The second-order valence-electron chi connectivity index (χ2n) is 4.11. The smallest absolute Gasteiger partial charge is 0.252 e. The van der Waals surface area contributed by atoms with Gasteiger partial charge in [-0.2, -0.15) is 0 Å². The number of hydrogen-bond donors (Lipinski definition) is 2. The van der Waals surface area contributed by atoms with Crippen LogP contribution in [-0.4, -0.2) is 37.9 Å². The van der Waals surface area contributed by atoms with E-state index >= 15 is 0 Å². The Hall–Kier alpha value is -1.90. The lowest BCUT2D eigenvalue weighted by Crippen LogP contribution is -2.25. The van der Waals surface area contributed by atoms with Crippen LogP contribution in [0.2, 0.25) is 0 Å². The topological polar surface area (TPSA) is 58.6 Å². The van der Waals surface area contributed by atoms with Crippen molar-refractivity contribution in [2.24, 2.45) is 0 Å². The van der Waals surface area contributed by atoms with Gasteiger partial charge in [-0.3, -0.25) is 4.79 Å². The first-order chi connectivity index (χ1) is 9.69. The molecule has 0 spiro atoms. The van der Waals surface area contributed by atoms with Crippen LogP contribution in [0.5, 0.6) is 0 Å². The Morgan fingerprint density at radius 3 is 2.95 bits per heavy atom. The predicted molar refractivity (Wildman–Crippen MR) is 73.8 cm³/mol. The fraction of sp³-hybridized carbons (Fsp3) is 0.400. The molecule has 0 unspecified atom stereocenters. The summed E-state index contributed by atoms with van der Waals surface area (Å²) in [4.78, 5) is 12.0. The summed E-state index contributed by atoms with van der Waals surface area (Å²) < 4.78 is 18.1. The monoisotopic (exact) mass is 279 g/mol. The van der Waals surface area contributed by atoms with Gasteiger partial charge in [-0.05, 0) is 31.0 Å². The van der Waals surface area contributed by atoms with Gasteiger partial charge in [0.25, 0.3) is 5.91 Å². The number of rotatable bonds is 6. The van der Waals surface area contributed by atoms with Crippen molar-refractivity contribution < 1.29 is 19.0 Å². The molecule has 0 atom stereocenters. The summed E-state index contributed by atoms with van der Waals surface area (Å²) in [5.74, 6) is 4.22. The van der Waals surface area contributed by atoms with Crippen molar-refractivity contribution in [2.45, 2.75) is 12.8 Å². The van der Waals surface area contributed by atoms with Gasteiger partial charge in [-0.15, -0.1) is 0 Å². The highest BCUT2D eigenvalue weighted by molar-refractivity contribution is 5.96. The SMILES string of the molecule is COCCCCNC(=O)c1ccc(F)cc1C#CCO. The average Bonchev–Trinajstić information content (AvgIpc) is 2.44. The molecule has 5 heteroatoms. The third kappa shape index (κ3) is 5.39. The predicted octanol–water partition coefficient (Wildman–Crippen LogP) is 1.33. The number of ether oxygens (including phenoxy) is 1. The van der Waals surface area contributed by atoms with Gasteiger partial charge in [0.05, 0.1) is 5.56 Å². The number of amides is 1. The van der Waals surface area contributed by atoms with E-state index in [1.54, 1.807) is 7.11 Å². The molecule has 0 saturated carbocycles. The minimum atomic E-state index is -0.469. The number of hydrogen-bond acceptors (Lipinski definition) is 3. The van der Waals surface area contributed by atoms with E-state index in [1.807, 2.05) is 0 Å². The van der Waals surface area contributed by atoms with Crippen molar-refractivity contribution in [1.82, 2.24) is 5.32 Å². The van der Waals surface area contributed by atoms with Crippen LogP contribution in [0.25, 0.3) is 0 Å². The lowest BCUT2D eigenvalue weighted by molar-refractivity contribution is 0.0951. The van der Waals surface area contributed by atoms with E-state index < -0.39 is 5.82 Å². The molecule has 2 N–H and O–H groups in total. The zero-order chi connectivity index (χ0) is 14.8. The number of unbranched alkanes of at least 4 members (excludes halogenated alkanes) is 1. The zero-order valence-corrected chi connectivity index (χ0v) is 11.4. The molecule has 1 amide bonds. The summed E-state index contributed by atoms with van der Waals surface area (Å²) in [5.41, 5.74) is 0.576. The van der Waals surface area contributed by atoms with Crippen LogP contribution in [0.15, 0.2) is 18.2 Å². The molecule has 4 nitrogen and oxygen atoms in total. The summed E-state index contributed by atoms with van der Waals surface area (Å²) in [5, 5.41) is 11.4. The maximum atomic E-state index is 13.2. The lowest BCUT2D eigenvalue weighted by atomic mass is 10.1. The molecule has 0 heterocycles. The molecule has 0 aliphatic rings. The van der Waals surface area contributed by atoms with Crippen molar-refractivity contribution in [2.75, 3.05) is 26.9 Å². The van der Waals surface area contributed by atoms with Crippen LogP contribution < -0.4 is 5.32 Å². The zero-order valence-electron chi connectivity index (χ0n) is 11.4. The number of carbonyl (C=O) groups is 1. The van der Waals surface area contributed by atoms with Gasteiger partial charge in [-0.25, -0.2) is 4.39 Å². The molecule has 1 rings (SSSR count). The maximum Gasteiger partial charge on any atom is 0.252 e. The molecule has 1 aromatic rings. The average molecular weight is 279 g/mol. The van der Waals surface area contributed by atoms with Gasteiger partial charge in [0, 0.05) is 25.8 Å². The van der Waals surface area contributed by atoms with E-state index in [-0.39, 0.29) is 18.1 Å². The fourth-order valence-corrected chi connectivity index (χ4v) is 1.62. The fourth-order valence-electron chi connectivity index (χ4n) is 1.62. The molecule has 0 aliphatic heterocycles. The molecule has 0 bridgehead atoms. The first-order valence-electron chi connectivity index (χ1n) is 6.35. The van der Waals surface area contributed by atoms with Gasteiger partial charge >= 0.3 is 0 Å². The second kappa shape index (κ2) is 9.08. The third-order valence-corrected chi connectivity index (χ3v) is 2.59. The van der Waals surface area contributed by atoms with Gasteiger partial charge in [0.1, 0.15) is 12.4 Å². The Balaban J connectivity index is 2.67. The van der Waals surface area contributed by atoms with Crippen LogP contribution in [0.4, 0.5) is 4.39 Å². The Morgan fingerprint density at radius 1 is 1.45 bits per heavy atom. The molecule has 0 aromatic heterocycles. The van der Waals surface area contributed by atoms with Crippen LogP contribution in [-0.2, 0) is 4.74 Å². The highest BCUT2D eigenvalue weighted by Crippen LogP contribution is 2.10. The number of benzene rings is 1. The number of aliphatic hydroxyl groups is 1. The van der Waals surface area contributed by atoms with Crippen LogP contribution >= 0.6 is 0 Å². The highest BCUT2D eigenvalue weighted by atomic mass is 19.1. The quantitative estimate of drug-likeness (QED) is 0.610. The highest BCUT2D eigenvalue weighted by Gasteiger charge is 2.10. The van der Waals surface area contributed by atoms with E-state index in [4.69, 9.17) is 9.84 Å². The van der Waals surface area contributed by atoms with E-state index in [9.17, 15) is 9.18 Å². The summed E-state index contributed by atoms with van der Waals surface area (Å²) in [6.45, 7) is 0.834. The van der Waals surface area contributed by atoms with Gasteiger partial charge < -0.3 is 15.2 Å². The molecule has 0 fully saturated rings. The Kier molecular flexibility index (Phi) is 7.33. The Labute approximate surface area is 117 Å². The molecular weight excluding hydrogens is 261 g/mol. The first kappa shape index (κ1) is 16.2. The Morgan fingerprint density at radius 2 is 2.25 bits per heavy atom. The van der Waals surface area contributed by atoms with Crippen molar-refractivity contribution >= 4 is 5.91 Å². The number of halogens is 1. The standard InChI is InChI=1S/C15H18FNO3/c1-20-10-3-2-8-17-15(19)14-7-6-13(16)11-12(14)5-4-9-18/h6-7,11,18H,2-3,8-10H2,1H3,(H,17,19). The van der Waals surface area contributed by atoms with Gasteiger partial charge in [-0.1, -0.05) is 11.8 Å². The normalized spacial score (nSPS) is 9.75. The number of methoxy groups -OCH3 is 1. The molecule has 0 saturated heterocycles. The Bertz CT molecular complexity index is 506. The summed E-state index contributed by atoms with van der Waals surface area (Å²) in [6.07, 6.45) is 1.66. The van der Waals surface area contributed by atoms with Crippen LogP contribution in [0.1, 0.15) is 28.8 Å². The largest absolute Gasteiger partial charge is 0.385 e. The minimum absolute atomic E-state index is 0.272. The summed E-state index contributed by atoms with van der Waals surface area (Å²) in [7, 11) is 1.63. The molecule has 0 aliphatic carbocycles. The van der Waals surface area contributed by atoms with Crippen molar-refractivity contribution in [3.05, 3.63) is 35.1 Å². The van der Waals surface area contributed by atoms with Gasteiger partial charge in [0.2, 0.25) is 0 Å². The van der Waals surface area contributed by atoms with Crippen LogP contribution in [0, 0.1) is 17.7 Å². The molecule has 1 aromatic carbocycles. The number of aliphatic hydroxyl groups excluding tert-OH is 1. The lowest BCUT2D eigenvalue weighted by Gasteiger charge is -2.07. The second-order valence-corrected chi connectivity index (χ2v) is 4.11. The van der Waals surface area contributed by atoms with E-state index in [0.29, 0.717) is 18.7 Å². The molecule has 108 valence electrons. The first-order valence-corrected chi connectivity index (χ1v) is 6.35.